The summed E-state index contributed by atoms with van der Waals surface area (Å²) in [5.41, 5.74) is 0.945. The second-order valence-electron chi connectivity index (χ2n) is 3.19. The number of carbonyl (C=O) groups is 1. The summed E-state index contributed by atoms with van der Waals surface area (Å²) in [6, 6.07) is 3.29. The predicted octanol–water partition coefficient (Wildman–Crippen LogP) is 2.60. The molecule has 1 aromatic carbocycles. The summed E-state index contributed by atoms with van der Waals surface area (Å²) in [5.74, 6) is 1.01. The van der Waals surface area contributed by atoms with Crippen molar-refractivity contribution in [3.8, 4) is 11.5 Å². The fourth-order valence-corrected chi connectivity index (χ4v) is 1.49. The molecule has 0 amide bonds. The Hall–Kier alpha value is -1.16. The van der Waals surface area contributed by atoms with Crippen LogP contribution in [0.1, 0.15) is 22.8 Å². The number of ketones is 1. The summed E-state index contributed by atoms with van der Waals surface area (Å²) in [6.07, 6.45) is 1.93. The molecule has 0 spiro atoms. The van der Waals surface area contributed by atoms with E-state index in [-0.39, 0.29) is 11.5 Å². The summed E-state index contributed by atoms with van der Waals surface area (Å²) in [6.45, 7) is 3.16. The van der Waals surface area contributed by atoms with Gasteiger partial charge < -0.3 is 9.84 Å². The Labute approximate surface area is 93.4 Å². The molecule has 0 atom stereocenters. The van der Waals surface area contributed by atoms with Gasteiger partial charge in [0.1, 0.15) is 17.4 Å². The van der Waals surface area contributed by atoms with Gasteiger partial charge in [0, 0.05) is 5.56 Å². The molecule has 0 saturated heterocycles. The number of rotatable bonds is 4. The minimum absolute atomic E-state index is 0.0149. The summed E-state index contributed by atoms with van der Waals surface area (Å²) in [4.78, 5) is 11.1. The van der Waals surface area contributed by atoms with Crippen molar-refractivity contribution in [2.24, 2.45) is 0 Å². The average molecular weight is 226 g/mol. The van der Waals surface area contributed by atoms with E-state index in [1.165, 1.54) is 6.92 Å². The highest BCUT2D eigenvalue weighted by atomic mass is 32.2. The minimum atomic E-state index is -0.146. The average Bonchev–Trinajstić information content (AvgIpc) is 2.20. The number of Topliss-reactive ketones (excluding diaryl/α,β-unsaturated/α-hetero) is 1. The molecule has 0 aliphatic rings. The molecule has 0 fully saturated rings. The first-order chi connectivity index (χ1) is 7.07. The van der Waals surface area contributed by atoms with E-state index in [4.69, 9.17) is 4.74 Å². The molecule has 0 unspecified atom stereocenters. The number of benzene rings is 1. The smallest absolute Gasteiger partial charge is 0.163 e. The van der Waals surface area contributed by atoms with Crippen molar-refractivity contribution < 1.29 is 14.6 Å². The number of aromatic hydroxyl groups is 1. The quantitative estimate of drug-likeness (QED) is 0.633. The SMILES string of the molecule is CSCOc1ccc(C(C)=O)c(O)c1C. The molecule has 1 rings (SSSR count). The first-order valence-corrected chi connectivity index (χ1v) is 5.92. The van der Waals surface area contributed by atoms with Crippen molar-refractivity contribution in [2.45, 2.75) is 13.8 Å². The monoisotopic (exact) mass is 226 g/mol. The van der Waals surface area contributed by atoms with Gasteiger partial charge in [0.25, 0.3) is 0 Å². The predicted molar refractivity (Wildman–Crippen MR) is 61.9 cm³/mol. The van der Waals surface area contributed by atoms with E-state index in [2.05, 4.69) is 0 Å². The summed E-state index contributed by atoms with van der Waals surface area (Å²) >= 11 is 1.55. The summed E-state index contributed by atoms with van der Waals surface area (Å²) in [7, 11) is 0. The largest absolute Gasteiger partial charge is 0.507 e. The summed E-state index contributed by atoms with van der Waals surface area (Å²) < 4.78 is 5.39. The van der Waals surface area contributed by atoms with Gasteiger partial charge in [-0.1, -0.05) is 0 Å². The number of ether oxygens (including phenoxy) is 1. The van der Waals surface area contributed by atoms with Crippen LogP contribution in [0.4, 0.5) is 0 Å². The number of carbonyl (C=O) groups excluding carboxylic acids is 1. The second kappa shape index (κ2) is 5.07. The molecule has 1 aromatic rings. The number of phenolic OH excluding ortho intramolecular Hbond substituents is 1. The van der Waals surface area contributed by atoms with Crippen LogP contribution in [0.2, 0.25) is 0 Å². The highest BCUT2D eigenvalue weighted by molar-refractivity contribution is 7.98. The van der Waals surface area contributed by atoms with Gasteiger partial charge in [-0.05, 0) is 32.2 Å². The first kappa shape index (κ1) is 11.9. The third kappa shape index (κ3) is 2.65. The van der Waals surface area contributed by atoms with Crippen molar-refractivity contribution in [2.75, 3.05) is 12.2 Å². The molecule has 0 radical (unpaired) electrons. The molecular weight excluding hydrogens is 212 g/mol. The molecule has 15 heavy (non-hydrogen) atoms. The minimum Gasteiger partial charge on any atom is -0.507 e. The molecular formula is C11H14O3S. The van der Waals surface area contributed by atoms with Crippen LogP contribution >= 0.6 is 11.8 Å². The normalized spacial score (nSPS) is 10.1. The number of hydrogen-bond donors (Lipinski definition) is 1. The van der Waals surface area contributed by atoms with E-state index < -0.39 is 0 Å². The first-order valence-electron chi connectivity index (χ1n) is 4.53. The van der Waals surface area contributed by atoms with Gasteiger partial charge in [0.2, 0.25) is 0 Å². The molecule has 82 valence electrons. The number of hydrogen-bond acceptors (Lipinski definition) is 4. The summed E-state index contributed by atoms with van der Waals surface area (Å²) in [5, 5.41) is 9.74. The van der Waals surface area contributed by atoms with E-state index in [9.17, 15) is 9.90 Å². The lowest BCUT2D eigenvalue weighted by Crippen LogP contribution is -1.98. The van der Waals surface area contributed by atoms with Crippen LogP contribution in [-0.2, 0) is 0 Å². The van der Waals surface area contributed by atoms with Crippen LogP contribution in [0.25, 0.3) is 0 Å². The van der Waals surface area contributed by atoms with E-state index in [1.807, 2.05) is 6.26 Å². The van der Waals surface area contributed by atoms with Crippen LogP contribution < -0.4 is 4.74 Å². The van der Waals surface area contributed by atoms with Crippen LogP contribution in [0.5, 0.6) is 11.5 Å². The molecule has 0 heterocycles. The Morgan fingerprint density at radius 1 is 1.53 bits per heavy atom. The maximum absolute atomic E-state index is 11.1. The fourth-order valence-electron chi connectivity index (χ4n) is 1.24. The molecule has 0 aromatic heterocycles. The van der Waals surface area contributed by atoms with Gasteiger partial charge in [0.15, 0.2) is 5.78 Å². The lowest BCUT2D eigenvalue weighted by atomic mass is 10.1. The lowest BCUT2D eigenvalue weighted by Gasteiger charge is -2.10. The maximum Gasteiger partial charge on any atom is 0.163 e. The van der Waals surface area contributed by atoms with Crippen molar-refractivity contribution in [1.82, 2.24) is 0 Å². The highest BCUT2D eigenvalue weighted by Gasteiger charge is 2.12. The standard InChI is InChI=1S/C11H14O3S/c1-7-10(14-6-15-3)5-4-9(8(2)12)11(7)13/h4-5,13H,6H2,1-3H3. The van der Waals surface area contributed by atoms with Crippen molar-refractivity contribution in [3.05, 3.63) is 23.3 Å². The van der Waals surface area contributed by atoms with Gasteiger partial charge in [-0.25, -0.2) is 0 Å². The molecule has 4 heteroatoms. The van der Waals surface area contributed by atoms with Crippen LogP contribution in [0, 0.1) is 6.92 Å². The Morgan fingerprint density at radius 2 is 2.20 bits per heavy atom. The topological polar surface area (TPSA) is 46.5 Å². The Balaban J connectivity index is 3.04. The Kier molecular flexibility index (Phi) is 4.03. The van der Waals surface area contributed by atoms with Crippen molar-refractivity contribution in [1.29, 1.82) is 0 Å². The molecule has 3 nitrogen and oxygen atoms in total. The van der Waals surface area contributed by atoms with Crippen LogP contribution in [0.15, 0.2) is 12.1 Å². The van der Waals surface area contributed by atoms with E-state index >= 15 is 0 Å². The van der Waals surface area contributed by atoms with Gasteiger partial charge in [-0.3, -0.25) is 4.79 Å². The van der Waals surface area contributed by atoms with Gasteiger partial charge in [-0.15, -0.1) is 11.8 Å². The molecule has 0 aliphatic carbocycles. The van der Waals surface area contributed by atoms with Crippen molar-refractivity contribution >= 4 is 17.5 Å². The molecule has 0 bridgehead atoms. The molecule has 1 N–H and O–H groups in total. The van der Waals surface area contributed by atoms with Crippen LogP contribution in [0.3, 0.4) is 0 Å². The third-order valence-electron chi connectivity index (χ3n) is 2.09. The van der Waals surface area contributed by atoms with E-state index in [0.717, 1.165) is 0 Å². The van der Waals surface area contributed by atoms with Gasteiger partial charge in [-0.2, -0.15) is 0 Å². The zero-order chi connectivity index (χ0) is 11.4. The fraction of sp³-hybridized carbons (Fsp3) is 0.364. The Morgan fingerprint density at radius 3 is 2.73 bits per heavy atom. The van der Waals surface area contributed by atoms with E-state index in [0.29, 0.717) is 22.8 Å². The molecule has 0 aliphatic heterocycles. The van der Waals surface area contributed by atoms with Gasteiger partial charge >= 0.3 is 0 Å². The number of thioether (sulfide) groups is 1. The van der Waals surface area contributed by atoms with Crippen molar-refractivity contribution in [3.63, 3.8) is 0 Å². The van der Waals surface area contributed by atoms with Crippen LogP contribution in [-0.4, -0.2) is 23.1 Å². The zero-order valence-corrected chi connectivity index (χ0v) is 9.85. The maximum atomic E-state index is 11.1. The third-order valence-corrected chi connectivity index (χ3v) is 2.45. The number of phenols is 1. The second-order valence-corrected chi connectivity index (χ2v) is 4.00. The Bertz CT molecular complexity index is 374. The van der Waals surface area contributed by atoms with Gasteiger partial charge in [0.05, 0.1) is 5.56 Å². The molecule has 0 saturated carbocycles. The zero-order valence-electron chi connectivity index (χ0n) is 9.03. The highest BCUT2D eigenvalue weighted by Crippen LogP contribution is 2.30. The van der Waals surface area contributed by atoms with E-state index in [1.54, 1.807) is 30.8 Å². The lowest BCUT2D eigenvalue weighted by molar-refractivity contribution is 0.101.